The molecule has 0 saturated carbocycles. The van der Waals surface area contributed by atoms with Crippen LogP contribution in [0.5, 0.6) is 0 Å². The summed E-state index contributed by atoms with van der Waals surface area (Å²) >= 11 is 0. The zero-order valence-electron chi connectivity index (χ0n) is 13.7. The highest BCUT2D eigenvalue weighted by atomic mass is 16.6. The van der Waals surface area contributed by atoms with Crippen LogP contribution in [-0.2, 0) is 11.3 Å². The molecule has 0 aromatic carbocycles. The zero-order valence-corrected chi connectivity index (χ0v) is 13.7. The number of H-pyrrole nitrogens is 1. The Morgan fingerprint density at radius 2 is 2.00 bits per heavy atom. The lowest BCUT2D eigenvalue weighted by Crippen LogP contribution is -2.55. The smallest absolute Gasteiger partial charge is 0.408 e. The minimum atomic E-state index is -0.485. The maximum atomic E-state index is 12.0. The molecule has 0 atom stereocenters. The largest absolute Gasteiger partial charge is 0.444 e. The molecule has 0 saturated heterocycles. The first-order valence-electron chi connectivity index (χ1n) is 7.50. The lowest BCUT2D eigenvalue weighted by Gasteiger charge is -2.34. The number of hydrogen-bond donors (Lipinski definition) is 3. The Morgan fingerprint density at radius 3 is 2.48 bits per heavy atom. The van der Waals surface area contributed by atoms with E-state index in [-0.39, 0.29) is 11.6 Å². The molecule has 1 amide bonds. The first-order chi connectivity index (χ1) is 9.80. The minimum absolute atomic E-state index is 0.303. The van der Waals surface area contributed by atoms with Gasteiger partial charge >= 0.3 is 6.09 Å². The van der Waals surface area contributed by atoms with Gasteiger partial charge in [-0.05, 0) is 39.7 Å². The number of ether oxygens (including phenoxy) is 1. The highest BCUT2D eigenvalue weighted by Gasteiger charge is 2.30. The Hall–Kier alpha value is -1.56. The molecule has 120 valence electrons. The molecule has 0 fully saturated rings. The van der Waals surface area contributed by atoms with Crippen molar-refractivity contribution >= 4 is 6.09 Å². The van der Waals surface area contributed by atoms with E-state index in [1.807, 2.05) is 26.8 Å². The van der Waals surface area contributed by atoms with Crippen molar-refractivity contribution in [2.45, 2.75) is 65.1 Å². The number of alkyl carbamates (subject to hydrolysis) is 1. The van der Waals surface area contributed by atoms with E-state index in [0.717, 1.165) is 18.5 Å². The van der Waals surface area contributed by atoms with Gasteiger partial charge in [0.25, 0.3) is 0 Å². The van der Waals surface area contributed by atoms with Gasteiger partial charge in [-0.3, -0.25) is 5.10 Å². The van der Waals surface area contributed by atoms with E-state index in [0.29, 0.717) is 13.1 Å². The average Bonchev–Trinajstić information content (AvgIpc) is 2.88. The molecule has 0 bridgehead atoms. The molecule has 0 radical (unpaired) electrons. The van der Waals surface area contributed by atoms with Gasteiger partial charge in [0.1, 0.15) is 5.60 Å². The lowest BCUT2D eigenvalue weighted by atomic mass is 9.93. The summed E-state index contributed by atoms with van der Waals surface area (Å²) in [6.45, 7) is 11.1. The number of aromatic nitrogens is 2. The molecule has 3 N–H and O–H groups in total. The molecule has 0 aliphatic rings. The molecule has 0 unspecified atom stereocenters. The van der Waals surface area contributed by atoms with E-state index in [4.69, 9.17) is 4.74 Å². The van der Waals surface area contributed by atoms with Crippen LogP contribution in [0, 0.1) is 0 Å². The van der Waals surface area contributed by atoms with Crippen molar-refractivity contribution < 1.29 is 9.53 Å². The maximum absolute atomic E-state index is 12.0. The molecule has 0 aliphatic heterocycles. The summed E-state index contributed by atoms with van der Waals surface area (Å²) in [4.78, 5) is 12.0. The quantitative estimate of drug-likeness (QED) is 0.722. The van der Waals surface area contributed by atoms with Crippen LogP contribution in [0.4, 0.5) is 4.79 Å². The Kier molecular flexibility index (Phi) is 6.20. The van der Waals surface area contributed by atoms with Crippen molar-refractivity contribution in [1.29, 1.82) is 0 Å². The number of nitrogens with one attached hydrogen (secondary N) is 3. The highest BCUT2D eigenvalue weighted by Crippen LogP contribution is 2.16. The number of nitrogens with zero attached hydrogens (tertiary/aromatic N) is 1. The van der Waals surface area contributed by atoms with Crippen LogP contribution in [0.2, 0.25) is 0 Å². The van der Waals surface area contributed by atoms with Gasteiger partial charge < -0.3 is 15.4 Å². The molecule has 1 aromatic heterocycles. The summed E-state index contributed by atoms with van der Waals surface area (Å²) in [5.41, 5.74) is 0.233. The Bertz CT molecular complexity index is 419. The van der Waals surface area contributed by atoms with Gasteiger partial charge in [-0.1, -0.05) is 13.8 Å². The third-order valence-corrected chi connectivity index (χ3v) is 3.46. The van der Waals surface area contributed by atoms with Crippen LogP contribution < -0.4 is 10.6 Å². The van der Waals surface area contributed by atoms with Crippen LogP contribution in [0.3, 0.4) is 0 Å². The molecular formula is C15H28N4O2. The summed E-state index contributed by atoms with van der Waals surface area (Å²) in [5, 5.41) is 13.2. The second-order valence-corrected chi connectivity index (χ2v) is 6.30. The van der Waals surface area contributed by atoms with Crippen molar-refractivity contribution in [3.8, 4) is 0 Å². The highest BCUT2D eigenvalue weighted by molar-refractivity contribution is 5.68. The van der Waals surface area contributed by atoms with Crippen LogP contribution in [-0.4, -0.2) is 34.0 Å². The van der Waals surface area contributed by atoms with Crippen molar-refractivity contribution in [1.82, 2.24) is 20.8 Å². The monoisotopic (exact) mass is 296 g/mol. The van der Waals surface area contributed by atoms with Gasteiger partial charge in [0.05, 0.1) is 5.54 Å². The normalized spacial score (nSPS) is 12.2. The second kappa shape index (κ2) is 7.45. The molecule has 6 nitrogen and oxygen atoms in total. The fraction of sp³-hybridized carbons (Fsp3) is 0.733. The van der Waals surface area contributed by atoms with Gasteiger partial charge in [-0.25, -0.2) is 4.79 Å². The fourth-order valence-corrected chi connectivity index (χ4v) is 2.06. The van der Waals surface area contributed by atoms with Crippen LogP contribution >= 0.6 is 0 Å². The van der Waals surface area contributed by atoms with Crippen LogP contribution in [0.1, 0.15) is 53.2 Å². The third-order valence-electron chi connectivity index (χ3n) is 3.46. The topological polar surface area (TPSA) is 79.0 Å². The molecule has 0 aliphatic carbocycles. The predicted octanol–water partition coefficient (Wildman–Crippen LogP) is 2.58. The standard InChI is InChI=1S/C15H28N4O2/c1-6-15(7-2,18-13(20)21-14(3,4)5)11-16-10-12-8-9-17-19-12/h8-9,16H,6-7,10-11H2,1-5H3,(H,17,19)(H,18,20). The molecule has 21 heavy (non-hydrogen) atoms. The Balaban J connectivity index is 2.54. The van der Waals surface area contributed by atoms with E-state index >= 15 is 0 Å². The van der Waals surface area contributed by atoms with Crippen molar-refractivity contribution in [2.75, 3.05) is 6.54 Å². The number of carbonyl (C=O) groups excluding carboxylic acids is 1. The predicted molar refractivity (Wildman–Crippen MR) is 83.0 cm³/mol. The maximum Gasteiger partial charge on any atom is 0.408 e. The van der Waals surface area contributed by atoms with E-state index in [9.17, 15) is 4.79 Å². The SMILES string of the molecule is CCC(CC)(CNCc1ccn[nH]1)NC(=O)OC(C)(C)C. The second-order valence-electron chi connectivity index (χ2n) is 6.30. The summed E-state index contributed by atoms with van der Waals surface area (Å²) in [6.07, 6.45) is 3.02. The molecule has 1 aromatic rings. The Labute approximate surface area is 127 Å². The summed E-state index contributed by atoms with van der Waals surface area (Å²) in [7, 11) is 0. The van der Waals surface area contributed by atoms with Gasteiger partial charge in [-0.15, -0.1) is 0 Å². The third kappa shape index (κ3) is 6.16. The summed E-state index contributed by atoms with van der Waals surface area (Å²) in [5.74, 6) is 0. The van der Waals surface area contributed by atoms with E-state index in [1.54, 1.807) is 6.20 Å². The molecule has 1 rings (SSSR count). The van der Waals surface area contributed by atoms with E-state index in [2.05, 4.69) is 34.7 Å². The molecule has 0 spiro atoms. The average molecular weight is 296 g/mol. The molecular weight excluding hydrogens is 268 g/mol. The summed E-state index contributed by atoms with van der Waals surface area (Å²) < 4.78 is 5.36. The lowest BCUT2D eigenvalue weighted by molar-refractivity contribution is 0.0446. The first kappa shape index (κ1) is 17.5. The van der Waals surface area contributed by atoms with Crippen LogP contribution in [0.25, 0.3) is 0 Å². The van der Waals surface area contributed by atoms with Gasteiger partial charge in [0.2, 0.25) is 0 Å². The number of carbonyl (C=O) groups is 1. The number of aromatic amines is 1. The fourth-order valence-electron chi connectivity index (χ4n) is 2.06. The van der Waals surface area contributed by atoms with Crippen molar-refractivity contribution in [3.05, 3.63) is 18.0 Å². The Morgan fingerprint density at radius 1 is 1.33 bits per heavy atom. The van der Waals surface area contributed by atoms with Crippen molar-refractivity contribution in [2.24, 2.45) is 0 Å². The van der Waals surface area contributed by atoms with Gasteiger partial charge in [-0.2, -0.15) is 5.10 Å². The summed E-state index contributed by atoms with van der Waals surface area (Å²) in [6, 6.07) is 1.92. The van der Waals surface area contributed by atoms with Gasteiger partial charge in [0, 0.05) is 25.0 Å². The van der Waals surface area contributed by atoms with Crippen molar-refractivity contribution in [3.63, 3.8) is 0 Å². The van der Waals surface area contributed by atoms with E-state index in [1.165, 1.54) is 0 Å². The van der Waals surface area contributed by atoms with Crippen LogP contribution in [0.15, 0.2) is 12.3 Å². The number of rotatable bonds is 7. The zero-order chi connectivity index (χ0) is 15.9. The number of hydrogen-bond acceptors (Lipinski definition) is 4. The first-order valence-corrected chi connectivity index (χ1v) is 7.50. The number of amides is 1. The molecule has 1 heterocycles. The van der Waals surface area contributed by atoms with Gasteiger partial charge in [0.15, 0.2) is 0 Å². The molecule has 6 heteroatoms. The minimum Gasteiger partial charge on any atom is -0.444 e. The van der Waals surface area contributed by atoms with E-state index < -0.39 is 5.60 Å².